The molecule has 14 heteroatoms. The second-order valence-corrected chi connectivity index (χ2v) is 26.5. The molecule has 3 aliphatic rings. The second kappa shape index (κ2) is 37.9. The van der Waals surface area contributed by atoms with Gasteiger partial charge in [-0.1, -0.05) is 125 Å². The normalized spacial score (nSPS) is 15.6. The first-order valence-electron chi connectivity index (χ1n) is 35.8. The largest absolute Gasteiger partial charge is 0.508 e. The summed E-state index contributed by atoms with van der Waals surface area (Å²) in [4.78, 5) is 35.7. The zero-order valence-corrected chi connectivity index (χ0v) is 57.2. The number of piperidine rings is 1. The van der Waals surface area contributed by atoms with Crippen LogP contribution in [-0.4, -0.2) is 125 Å². The van der Waals surface area contributed by atoms with Crippen LogP contribution in [0.1, 0.15) is 136 Å². The molecule has 3 fully saturated rings. The molecule has 2 atom stereocenters. The molecule has 5 N–H and O–H groups in total. The molecule has 96 heavy (non-hydrogen) atoms. The number of likely N-dealkylation sites (N-methyl/N-ethyl adjacent to an activating group) is 1. The molecule has 1 aliphatic carbocycles. The van der Waals surface area contributed by atoms with E-state index in [1.807, 2.05) is 79.3 Å². The number of aromatic hydroxyl groups is 3. The highest BCUT2D eigenvalue weighted by Gasteiger charge is 2.22. The summed E-state index contributed by atoms with van der Waals surface area (Å²) in [5, 5.41) is 35.5. The number of aryl methyl sites for hydroxylation is 6. The number of nitrogens with one attached hydrogen (secondary N) is 2. The minimum atomic E-state index is 0.309. The summed E-state index contributed by atoms with van der Waals surface area (Å²) in [6.45, 7) is 19.9. The van der Waals surface area contributed by atoms with Gasteiger partial charge in [-0.3, -0.25) is 14.7 Å². The number of aromatic nitrogens is 6. The molecule has 0 bridgehead atoms. The first kappa shape index (κ1) is 70.6. The molecular weight excluding hydrogens is 1190 g/mol. The fourth-order valence-corrected chi connectivity index (χ4v) is 13.7. The van der Waals surface area contributed by atoms with Crippen molar-refractivity contribution in [3.05, 3.63) is 233 Å². The predicted molar refractivity (Wildman–Crippen MR) is 390 cm³/mol. The average molecular weight is 1290 g/mol. The molecule has 6 aromatic carbocycles. The molecule has 0 spiro atoms. The molecular formula is C82H103N11O3. The topological polar surface area (TPSA) is 172 Å². The van der Waals surface area contributed by atoms with Crippen molar-refractivity contribution in [1.29, 1.82) is 0 Å². The Morgan fingerprint density at radius 1 is 0.385 bits per heavy atom. The Morgan fingerprint density at radius 3 is 1.26 bits per heavy atom. The van der Waals surface area contributed by atoms with Crippen molar-refractivity contribution < 1.29 is 15.3 Å². The van der Waals surface area contributed by atoms with Crippen LogP contribution in [0.15, 0.2) is 182 Å². The fourth-order valence-electron chi connectivity index (χ4n) is 13.7. The Hall–Kier alpha value is -8.24. The minimum absolute atomic E-state index is 0.309. The van der Waals surface area contributed by atoms with Crippen molar-refractivity contribution in [1.82, 2.24) is 55.2 Å². The van der Waals surface area contributed by atoms with Gasteiger partial charge < -0.3 is 26.0 Å². The third-order valence-corrected chi connectivity index (χ3v) is 19.1. The molecule has 1 saturated carbocycles. The molecule has 3 aromatic heterocycles. The van der Waals surface area contributed by atoms with Gasteiger partial charge in [0.15, 0.2) is 0 Å². The van der Waals surface area contributed by atoms with E-state index >= 15 is 0 Å². The van der Waals surface area contributed by atoms with E-state index in [1.54, 1.807) is 30.3 Å². The molecule has 504 valence electrons. The summed E-state index contributed by atoms with van der Waals surface area (Å²) >= 11 is 0. The van der Waals surface area contributed by atoms with Crippen LogP contribution < -0.4 is 10.6 Å². The zero-order valence-electron chi connectivity index (χ0n) is 57.2. The van der Waals surface area contributed by atoms with Crippen LogP contribution in [0.25, 0.3) is 33.8 Å². The van der Waals surface area contributed by atoms with Gasteiger partial charge in [0.1, 0.15) is 34.7 Å². The molecule has 2 saturated heterocycles. The molecule has 0 radical (unpaired) electrons. The molecule has 12 rings (SSSR count). The van der Waals surface area contributed by atoms with E-state index in [1.165, 1.54) is 91.4 Å². The predicted octanol–water partition coefficient (Wildman–Crippen LogP) is 15.1. The van der Waals surface area contributed by atoms with E-state index in [2.05, 4.69) is 134 Å². The average Bonchev–Trinajstić information content (AvgIpc) is 1.47. The first-order valence-corrected chi connectivity index (χ1v) is 35.8. The van der Waals surface area contributed by atoms with E-state index < -0.39 is 0 Å². The summed E-state index contributed by atoms with van der Waals surface area (Å²) < 4.78 is 0. The highest BCUT2D eigenvalue weighted by atomic mass is 16.3. The summed E-state index contributed by atoms with van der Waals surface area (Å²) in [6, 6.07) is 55.4. The third kappa shape index (κ3) is 23.0. The second-order valence-electron chi connectivity index (χ2n) is 26.5. The Bertz CT molecular complexity index is 3740. The monoisotopic (exact) mass is 1290 g/mol. The quantitative estimate of drug-likeness (QED) is 0.0300. The maximum Gasteiger partial charge on any atom is 0.128 e. The van der Waals surface area contributed by atoms with Gasteiger partial charge in [-0.05, 0) is 228 Å². The van der Waals surface area contributed by atoms with E-state index in [-0.39, 0.29) is 0 Å². The third-order valence-electron chi connectivity index (χ3n) is 19.1. The SMILES string of the molecule is CCN(Cc1cccc(-c2ccnc(CCCc3ccc(O)cc3)n2)c1)C1CCNC1.CCN(Cc1cccc(-c2ccnc(CCCc3ccc(O)cc3)n2)c1)CC1CCCC1.CCN(Cc1cccc(-c2ccnc(CCCc3cccc(O)c3)n2)c1)C[C@H]1CCCNC1. The highest BCUT2D eigenvalue weighted by Crippen LogP contribution is 2.28. The number of nitrogens with zero attached hydrogens (tertiary/aromatic N) is 9. The van der Waals surface area contributed by atoms with E-state index in [9.17, 15) is 15.3 Å². The van der Waals surface area contributed by atoms with Gasteiger partial charge in [-0.25, -0.2) is 29.9 Å². The number of phenolic OH excluding ortho intramolecular Hbond substituents is 3. The maximum atomic E-state index is 9.64. The van der Waals surface area contributed by atoms with Crippen molar-refractivity contribution in [3.63, 3.8) is 0 Å². The molecule has 1 unspecified atom stereocenters. The van der Waals surface area contributed by atoms with Gasteiger partial charge in [0.05, 0.1) is 17.1 Å². The Morgan fingerprint density at radius 2 is 0.823 bits per heavy atom. The Kier molecular flexibility index (Phi) is 27.9. The van der Waals surface area contributed by atoms with Crippen molar-refractivity contribution in [2.24, 2.45) is 11.8 Å². The van der Waals surface area contributed by atoms with Crippen molar-refractivity contribution in [3.8, 4) is 51.0 Å². The lowest BCUT2D eigenvalue weighted by Gasteiger charge is -2.29. The first-order chi connectivity index (χ1) is 47.1. The fraction of sp³-hybridized carbons (Fsp3) is 0.415. The van der Waals surface area contributed by atoms with Gasteiger partial charge in [-0.15, -0.1) is 0 Å². The lowest BCUT2D eigenvalue weighted by atomic mass is 9.98. The molecule has 9 aromatic rings. The Balaban J connectivity index is 0.000000157. The zero-order chi connectivity index (χ0) is 66.5. The lowest BCUT2D eigenvalue weighted by molar-refractivity contribution is 0.210. The standard InChI is InChI=1S/C28H36N4O.C28H35N3O.C26H32N4O/c1-2-32(21-24-10-6-15-29-19-24)20-23-9-3-11-25(17-23)27-14-16-30-28(31-27)13-5-8-22-7-4-12-26(33)18-22;1-2-31(20-23-7-3-4-8-23)21-24-10-5-11-25(19-24)27-17-18-29-28(30-27)12-6-9-22-13-15-26(32)16-14-22;1-2-30(23-13-15-27-18-23)19-21-6-3-7-22(17-21)25-14-16-28-26(29-25)8-4-5-20-9-11-24(31)12-10-20/h3-4,7,9,11-12,14,16-18,24,29,33H,2,5-6,8,10,13,15,19-21H2,1H3;5,10-11,13-19,23,32H,2-4,6-9,12,20-21H2,1H3;3,6-7,9-12,14,16-17,23,27,31H,2,4-5,8,13,15,18-19H2,1H3/t24-;;/m0../s1. The lowest BCUT2D eigenvalue weighted by Crippen LogP contribution is -2.38. The van der Waals surface area contributed by atoms with E-state index in [0.29, 0.717) is 23.3 Å². The summed E-state index contributed by atoms with van der Waals surface area (Å²) in [5.41, 5.74) is 14.1. The van der Waals surface area contributed by atoms with Crippen LogP contribution in [0.5, 0.6) is 17.2 Å². The summed E-state index contributed by atoms with van der Waals surface area (Å²) in [5.74, 6) is 5.23. The molecule has 0 amide bonds. The summed E-state index contributed by atoms with van der Waals surface area (Å²) in [7, 11) is 0. The number of phenols is 3. The molecule has 2 aliphatic heterocycles. The minimum Gasteiger partial charge on any atom is -0.508 e. The van der Waals surface area contributed by atoms with Crippen molar-refractivity contribution in [2.75, 3.05) is 58.9 Å². The van der Waals surface area contributed by atoms with Gasteiger partial charge in [-0.2, -0.15) is 0 Å². The van der Waals surface area contributed by atoms with Gasteiger partial charge in [0.2, 0.25) is 0 Å². The number of benzene rings is 6. The van der Waals surface area contributed by atoms with Gasteiger partial charge in [0.25, 0.3) is 0 Å². The van der Waals surface area contributed by atoms with Gasteiger partial charge >= 0.3 is 0 Å². The van der Waals surface area contributed by atoms with Gasteiger partial charge in [0, 0.05) is 99.9 Å². The van der Waals surface area contributed by atoms with Crippen molar-refractivity contribution in [2.45, 2.75) is 149 Å². The number of rotatable bonds is 29. The molecule has 14 nitrogen and oxygen atoms in total. The highest BCUT2D eigenvalue weighted by molar-refractivity contribution is 5.61. The number of hydrogen-bond acceptors (Lipinski definition) is 14. The van der Waals surface area contributed by atoms with Crippen LogP contribution in [0, 0.1) is 11.8 Å². The van der Waals surface area contributed by atoms with Crippen LogP contribution in [0.3, 0.4) is 0 Å². The number of hydrogen-bond donors (Lipinski definition) is 5. The van der Waals surface area contributed by atoms with Crippen molar-refractivity contribution >= 4 is 0 Å². The van der Waals surface area contributed by atoms with Crippen LogP contribution >= 0.6 is 0 Å². The van der Waals surface area contributed by atoms with Crippen LogP contribution in [0.2, 0.25) is 0 Å². The van der Waals surface area contributed by atoms with E-state index in [0.717, 1.165) is 186 Å². The smallest absolute Gasteiger partial charge is 0.128 e. The molecule has 5 heterocycles. The van der Waals surface area contributed by atoms with E-state index in [4.69, 9.17) is 15.0 Å². The van der Waals surface area contributed by atoms with Crippen LogP contribution in [-0.2, 0) is 58.2 Å². The van der Waals surface area contributed by atoms with Crippen LogP contribution in [0.4, 0.5) is 0 Å². The Labute approximate surface area is 571 Å². The maximum absolute atomic E-state index is 9.64. The summed E-state index contributed by atoms with van der Waals surface area (Å²) in [6.07, 6.45) is 23.3.